The second kappa shape index (κ2) is 36.2. The summed E-state index contributed by atoms with van der Waals surface area (Å²) < 4.78 is 95.8. The monoisotopic (exact) mass is 1110 g/mol. The van der Waals surface area contributed by atoms with Gasteiger partial charge < -0.3 is 67.4 Å². The Morgan fingerprint density at radius 2 is 0.730 bits per heavy atom. The SMILES string of the molecule is CC(C)OC(=O)OC(C)OP(=O)(CC(CCC(=O)O)C(=O)OCC(=O)N(C)C)OC(C)OC(=O)OC(C)C.CC(C)OC(=O)OCOP(=O)(CC(CCC(=O)O)C(=O)OCC(=O)N(C)C)OCOC(=O)OC(C)C. The van der Waals surface area contributed by atoms with Crippen LogP contribution in [0.4, 0.5) is 19.2 Å². The quantitative estimate of drug-likeness (QED) is 0.0363. The summed E-state index contributed by atoms with van der Waals surface area (Å²) in [6, 6.07) is 0. The molecule has 428 valence electrons. The topological polar surface area (TPSA) is 381 Å². The minimum Gasteiger partial charge on any atom is -0.481 e. The largest absolute Gasteiger partial charge is 0.510 e. The van der Waals surface area contributed by atoms with Gasteiger partial charge in [-0.1, -0.05) is 0 Å². The van der Waals surface area contributed by atoms with E-state index in [-0.39, 0.29) is 12.8 Å². The Morgan fingerprint density at radius 3 is 1.01 bits per heavy atom. The second-order valence-electron chi connectivity index (χ2n) is 16.7. The zero-order valence-electron chi connectivity index (χ0n) is 44.0. The highest BCUT2D eigenvalue weighted by molar-refractivity contribution is 7.54. The normalized spacial score (nSPS) is 13.5. The van der Waals surface area contributed by atoms with Gasteiger partial charge in [0.25, 0.3) is 11.8 Å². The Bertz CT molecular complexity index is 1860. The van der Waals surface area contributed by atoms with Crippen LogP contribution in [0.2, 0.25) is 0 Å². The number of hydrogen-bond acceptors (Lipinski definition) is 26. The molecule has 0 saturated carbocycles. The first-order valence-corrected chi connectivity index (χ1v) is 26.0. The maximum atomic E-state index is 13.7. The van der Waals surface area contributed by atoms with Crippen molar-refractivity contribution in [3.05, 3.63) is 0 Å². The van der Waals surface area contributed by atoms with Crippen LogP contribution >= 0.6 is 15.2 Å². The van der Waals surface area contributed by atoms with Crippen molar-refractivity contribution in [3.63, 3.8) is 0 Å². The van der Waals surface area contributed by atoms with Crippen LogP contribution in [0.1, 0.15) is 94.9 Å². The molecule has 0 aliphatic carbocycles. The summed E-state index contributed by atoms with van der Waals surface area (Å²) in [7, 11) is -3.16. The average molecular weight is 1110 g/mol. The maximum absolute atomic E-state index is 13.7. The molecule has 2 amide bonds. The van der Waals surface area contributed by atoms with Gasteiger partial charge in [0.2, 0.25) is 26.2 Å². The van der Waals surface area contributed by atoms with Crippen molar-refractivity contribution in [2.75, 3.05) is 67.3 Å². The van der Waals surface area contributed by atoms with E-state index < -0.39 is 176 Å². The summed E-state index contributed by atoms with van der Waals surface area (Å²) in [5.74, 6) is -8.47. The fourth-order valence-electron chi connectivity index (χ4n) is 4.69. The van der Waals surface area contributed by atoms with E-state index in [4.69, 9.17) is 66.2 Å². The van der Waals surface area contributed by atoms with Crippen LogP contribution in [0.15, 0.2) is 0 Å². The number of carboxylic acids is 2. The van der Waals surface area contributed by atoms with Gasteiger partial charge in [0.05, 0.1) is 48.6 Å². The third-order valence-corrected chi connectivity index (χ3v) is 12.0. The lowest BCUT2D eigenvalue weighted by atomic mass is 10.1. The zero-order chi connectivity index (χ0) is 57.5. The number of carbonyl (C=O) groups is 10. The molecule has 4 atom stereocenters. The Labute approximate surface area is 428 Å². The van der Waals surface area contributed by atoms with Crippen LogP contribution in [0.5, 0.6) is 0 Å². The summed E-state index contributed by atoms with van der Waals surface area (Å²) >= 11 is 0. The lowest BCUT2D eigenvalue weighted by Crippen LogP contribution is -2.31. The average Bonchev–Trinajstić information content (AvgIpc) is 3.23. The van der Waals surface area contributed by atoms with E-state index in [1.54, 1.807) is 55.4 Å². The molecule has 74 heavy (non-hydrogen) atoms. The number of esters is 2. The molecule has 30 nitrogen and oxygen atoms in total. The van der Waals surface area contributed by atoms with Crippen molar-refractivity contribution in [1.82, 2.24) is 9.80 Å². The fourth-order valence-corrected chi connectivity index (χ4v) is 8.35. The van der Waals surface area contributed by atoms with Gasteiger partial charge in [0, 0.05) is 41.0 Å². The van der Waals surface area contributed by atoms with Crippen LogP contribution < -0.4 is 0 Å². The van der Waals surface area contributed by atoms with Gasteiger partial charge in [0.1, 0.15) is 0 Å². The zero-order valence-corrected chi connectivity index (χ0v) is 45.8. The number of amides is 2. The molecule has 0 rings (SSSR count). The Hall–Kier alpha value is -5.80. The molecule has 0 aromatic carbocycles. The molecule has 0 saturated heterocycles. The van der Waals surface area contributed by atoms with Crippen molar-refractivity contribution in [2.24, 2.45) is 11.8 Å². The number of aliphatic carboxylic acids is 2. The van der Waals surface area contributed by atoms with Crippen LogP contribution in [0.3, 0.4) is 0 Å². The molecule has 32 heteroatoms. The van der Waals surface area contributed by atoms with E-state index in [1.807, 2.05) is 0 Å². The van der Waals surface area contributed by atoms with Gasteiger partial charge in [0.15, 0.2) is 13.2 Å². The van der Waals surface area contributed by atoms with Crippen LogP contribution in [0.25, 0.3) is 0 Å². The third-order valence-electron chi connectivity index (χ3n) is 7.96. The van der Waals surface area contributed by atoms with Crippen LogP contribution in [-0.4, -0.2) is 185 Å². The van der Waals surface area contributed by atoms with Crippen molar-refractivity contribution in [3.8, 4) is 0 Å². The molecule has 2 N–H and O–H groups in total. The van der Waals surface area contributed by atoms with Crippen LogP contribution in [0, 0.1) is 11.8 Å². The maximum Gasteiger partial charge on any atom is 0.510 e. The molecule has 0 heterocycles. The van der Waals surface area contributed by atoms with Gasteiger partial charge in [-0.05, 0) is 82.1 Å². The van der Waals surface area contributed by atoms with Gasteiger partial charge in [-0.15, -0.1) is 0 Å². The van der Waals surface area contributed by atoms with E-state index in [1.165, 1.54) is 46.9 Å². The number of likely N-dealkylation sites (N-methyl/N-ethyl adjacent to an activating group) is 2. The van der Waals surface area contributed by atoms with Gasteiger partial charge in [-0.3, -0.25) is 56.0 Å². The Morgan fingerprint density at radius 1 is 0.432 bits per heavy atom. The number of nitrogens with zero attached hydrogens (tertiary/aromatic N) is 2. The molecule has 4 unspecified atom stereocenters. The molecule has 0 aromatic heterocycles. The summed E-state index contributed by atoms with van der Waals surface area (Å²) in [5, 5.41) is 18.1. The van der Waals surface area contributed by atoms with E-state index in [2.05, 4.69) is 9.47 Å². The predicted octanol–water partition coefficient (Wildman–Crippen LogP) is 5.50. The Kier molecular flexibility index (Phi) is 34.4. The highest BCUT2D eigenvalue weighted by Crippen LogP contribution is 2.53. The first-order valence-electron chi connectivity index (χ1n) is 22.5. The number of carboxylic acid groups (broad SMARTS) is 2. The molecule has 0 aliphatic rings. The van der Waals surface area contributed by atoms with Crippen molar-refractivity contribution in [1.29, 1.82) is 0 Å². The van der Waals surface area contributed by atoms with Crippen molar-refractivity contribution < 1.29 is 133 Å². The number of hydrogen-bond donors (Lipinski definition) is 2. The van der Waals surface area contributed by atoms with E-state index in [0.29, 0.717) is 0 Å². The minimum atomic E-state index is -4.50. The predicted molar refractivity (Wildman–Crippen MR) is 249 cm³/mol. The van der Waals surface area contributed by atoms with E-state index in [0.717, 1.165) is 4.90 Å². The van der Waals surface area contributed by atoms with Crippen LogP contribution in [-0.2, 0) is 103 Å². The van der Waals surface area contributed by atoms with Crippen molar-refractivity contribution >= 4 is 75.5 Å². The van der Waals surface area contributed by atoms with Gasteiger partial charge in [-0.2, -0.15) is 0 Å². The number of rotatable bonds is 32. The smallest absolute Gasteiger partial charge is 0.481 e. The summed E-state index contributed by atoms with van der Waals surface area (Å²) in [6.45, 7) is 11.7. The van der Waals surface area contributed by atoms with Gasteiger partial charge >= 0.3 is 63.7 Å². The first-order chi connectivity index (χ1) is 34.1. The molecule has 0 aliphatic heterocycles. The molecule has 0 fully saturated rings. The summed E-state index contributed by atoms with van der Waals surface area (Å²) in [4.78, 5) is 120. The van der Waals surface area contributed by atoms with Crippen molar-refractivity contribution in [2.45, 2.75) is 132 Å². The second-order valence-corrected chi connectivity index (χ2v) is 20.8. The lowest BCUT2D eigenvalue weighted by Gasteiger charge is -2.27. The highest BCUT2D eigenvalue weighted by Gasteiger charge is 2.40. The Balaban J connectivity index is 0. The molecule has 0 spiro atoms. The number of carbonyl (C=O) groups excluding carboxylic acids is 8. The fraction of sp³-hybridized carbons (Fsp3) is 0.762. The lowest BCUT2D eigenvalue weighted by molar-refractivity contribution is -0.155. The van der Waals surface area contributed by atoms with Gasteiger partial charge in [-0.25, -0.2) is 19.2 Å². The molecular formula is C42H72N2O28P2. The standard InChI is InChI=1S/C22H38NO14P.C20H34NO14P/c1-13(2)32-21(28)34-15(5)36-38(30,37-16(6)35-22(29)33-14(3)4)12-17(9-10-19(25)26)20(27)31-11-18(24)23(7)8;1-13(2)34-19(26)30-11-32-36(28,33-12-31-20(27)35-14(3)4)10-15(7-8-17(23)24)18(25)29-9-16(22)21(5)6/h13-17H,9-12H2,1-8H3,(H,25,26);13-15H,7-12H2,1-6H3,(H,23,24). The first kappa shape index (κ1) is 70.3. The molecular weight excluding hydrogens is 1040 g/mol. The van der Waals surface area contributed by atoms with E-state index >= 15 is 0 Å². The molecule has 0 bridgehead atoms. The number of ether oxygens (including phenoxy) is 10. The summed E-state index contributed by atoms with van der Waals surface area (Å²) in [6.07, 6.45) is -13.0. The minimum absolute atomic E-state index is 0.354. The summed E-state index contributed by atoms with van der Waals surface area (Å²) in [5.41, 5.74) is 0. The highest BCUT2D eigenvalue weighted by atomic mass is 31.2. The third kappa shape index (κ3) is 36.2. The van der Waals surface area contributed by atoms with E-state index in [9.17, 15) is 57.1 Å². The molecule has 0 radical (unpaired) electrons. The molecule has 0 aromatic rings.